The molecule has 0 fully saturated rings. The number of hydrogen-bond acceptors (Lipinski definition) is 4. The van der Waals surface area contributed by atoms with E-state index in [9.17, 15) is 0 Å². The van der Waals surface area contributed by atoms with Crippen LogP contribution in [0.1, 0.15) is 27.2 Å². The first kappa shape index (κ1) is 14.4. The SMILES string of the molecule is NC(c1ccccc1)c1nnc(Cc2cccc(Br)c2)s1. The van der Waals surface area contributed by atoms with Crippen molar-refractivity contribution in [1.29, 1.82) is 0 Å². The second kappa shape index (κ2) is 6.47. The third-order valence-electron chi connectivity index (χ3n) is 3.15. The van der Waals surface area contributed by atoms with E-state index in [2.05, 4.69) is 38.3 Å². The van der Waals surface area contributed by atoms with E-state index in [0.717, 1.165) is 26.5 Å². The first-order valence-electron chi connectivity index (χ1n) is 6.59. The lowest BCUT2D eigenvalue weighted by atomic mass is 10.1. The lowest BCUT2D eigenvalue weighted by molar-refractivity contribution is 0.824. The normalized spacial score (nSPS) is 12.3. The zero-order chi connectivity index (χ0) is 14.7. The number of hydrogen-bond donors (Lipinski definition) is 1. The quantitative estimate of drug-likeness (QED) is 0.767. The lowest BCUT2D eigenvalue weighted by Crippen LogP contribution is -2.11. The summed E-state index contributed by atoms with van der Waals surface area (Å²) < 4.78 is 1.07. The minimum absolute atomic E-state index is 0.208. The van der Waals surface area contributed by atoms with Gasteiger partial charge in [0.25, 0.3) is 0 Å². The summed E-state index contributed by atoms with van der Waals surface area (Å²) >= 11 is 5.06. The molecule has 2 aromatic carbocycles. The van der Waals surface area contributed by atoms with Crippen LogP contribution in [0.25, 0.3) is 0 Å². The summed E-state index contributed by atoms with van der Waals surface area (Å²) in [6.07, 6.45) is 0.776. The summed E-state index contributed by atoms with van der Waals surface area (Å²) in [4.78, 5) is 0. The minimum atomic E-state index is -0.208. The van der Waals surface area contributed by atoms with Crippen molar-refractivity contribution in [1.82, 2.24) is 10.2 Å². The van der Waals surface area contributed by atoms with E-state index in [4.69, 9.17) is 5.73 Å². The molecular formula is C16H14BrN3S. The molecule has 1 heterocycles. The van der Waals surface area contributed by atoms with Crippen LogP contribution < -0.4 is 5.73 Å². The van der Waals surface area contributed by atoms with Crippen molar-refractivity contribution in [2.75, 3.05) is 0 Å². The van der Waals surface area contributed by atoms with Crippen molar-refractivity contribution in [3.8, 4) is 0 Å². The van der Waals surface area contributed by atoms with Crippen LogP contribution in [0.2, 0.25) is 0 Å². The van der Waals surface area contributed by atoms with E-state index in [1.165, 1.54) is 5.56 Å². The topological polar surface area (TPSA) is 51.8 Å². The number of benzene rings is 2. The third kappa shape index (κ3) is 3.56. The molecule has 0 saturated heterocycles. The van der Waals surface area contributed by atoms with Gasteiger partial charge < -0.3 is 5.73 Å². The first-order valence-corrected chi connectivity index (χ1v) is 8.20. The zero-order valence-electron chi connectivity index (χ0n) is 11.2. The first-order chi connectivity index (χ1) is 10.2. The third-order valence-corrected chi connectivity index (χ3v) is 4.65. The fraction of sp³-hybridized carbons (Fsp3) is 0.125. The number of nitrogens with zero attached hydrogens (tertiary/aromatic N) is 2. The highest BCUT2D eigenvalue weighted by atomic mass is 79.9. The van der Waals surface area contributed by atoms with Gasteiger partial charge in [0.05, 0.1) is 6.04 Å². The molecule has 106 valence electrons. The van der Waals surface area contributed by atoms with Gasteiger partial charge in [-0.05, 0) is 23.3 Å². The fourth-order valence-corrected chi connectivity index (χ4v) is 3.44. The Morgan fingerprint density at radius 3 is 2.62 bits per heavy atom. The molecule has 1 atom stereocenters. The molecule has 3 aromatic rings. The Bertz CT molecular complexity index is 727. The standard InChI is InChI=1S/C16H14BrN3S/c17-13-8-4-5-11(9-13)10-14-19-20-16(21-14)15(18)12-6-2-1-3-7-12/h1-9,15H,10,18H2. The second-order valence-corrected chi connectivity index (χ2v) is 6.74. The monoisotopic (exact) mass is 359 g/mol. The Hall–Kier alpha value is -1.56. The van der Waals surface area contributed by atoms with Crippen LogP contribution in [0.15, 0.2) is 59.1 Å². The highest BCUT2D eigenvalue weighted by molar-refractivity contribution is 9.10. The Balaban J connectivity index is 1.77. The van der Waals surface area contributed by atoms with Gasteiger partial charge in [0, 0.05) is 10.9 Å². The van der Waals surface area contributed by atoms with Crippen LogP contribution in [-0.4, -0.2) is 10.2 Å². The largest absolute Gasteiger partial charge is 0.318 e. The van der Waals surface area contributed by atoms with Gasteiger partial charge in [-0.2, -0.15) is 0 Å². The maximum Gasteiger partial charge on any atom is 0.138 e. The Kier molecular flexibility index (Phi) is 4.43. The smallest absolute Gasteiger partial charge is 0.138 e. The molecule has 0 radical (unpaired) electrons. The average Bonchev–Trinajstić information content (AvgIpc) is 2.96. The van der Waals surface area contributed by atoms with E-state index in [-0.39, 0.29) is 6.04 Å². The van der Waals surface area contributed by atoms with Gasteiger partial charge in [-0.3, -0.25) is 0 Å². The van der Waals surface area contributed by atoms with Crippen molar-refractivity contribution >= 4 is 27.3 Å². The summed E-state index contributed by atoms with van der Waals surface area (Å²) in [5, 5.41) is 10.3. The summed E-state index contributed by atoms with van der Waals surface area (Å²) in [6, 6.07) is 18.0. The summed E-state index contributed by atoms with van der Waals surface area (Å²) in [6.45, 7) is 0. The van der Waals surface area contributed by atoms with Gasteiger partial charge in [-0.1, -0.05) is 69.7 Å². The number of rotatable bonds is 4. The number of nitrogens with two attached hydrogens (primary N) is 1. The minimum Gasteiger partial charge on any atom is -0.318 e. The van der Waals surface area contributed by atoms with Crippen LogP contribution in [0.4, 0.5) is 0 Å². The molecule has 1 unspecified atom stereocenters. The molecule has 0 aliphatic heterocycles. The molecule has 0 spiro atoms. The van der Waals surface area contributed by atoms with E-state index in [1.54, 1.807) is 11.3 Å². The highest BCUT2D eigenvalue weighted by Crippen LogP contribution is 2.24. The fourth-order valence-electron chi connectivity index (χ4n) is 2.09. The highest BCUT2D eigenvalue weighted by Gasteiger charge is 2.14. The van der Waals surface area contributed by atoms with Crippen LogP contribution in [0.3, 0.4) is 0 Å². The van der Waals surface area contributed by atoms with Crippen LogP contribution >= 0.6 is 27.3 Å². The van der Waals surface area contributed by atoms with E-state index in [1.807, 2.05) is 42.5 Å². The Morgan fingerprint density at radius 2 is 1.86 bits per heavy atom. The molecule has 3 rings (SSSR count). The van der Waals surface area contributed by atoms with Crippen LogP contribution in [-0.2, 0) is 6.42 Å². The van der Waals surface area contributed by atoms with Crippen molar-refractivity contribution in [3.05, 3.63) is 80.2 Å². The van der Waals surface area contributed by atoms with E-state index < -0.39 is 0 Å². The molecule has 0 amide bonds. The second-order valence-electron chi connectivity index (χ2n) is 4.73. The molecule has 0 aliphatic carbocycles. The van der Waals surface area contributed by atoms with E-state index in [0.29, 0.717) is 0 Å². The van der Waals surface area contributed by atoms with Crippen LogP contribution in [0.5, 0.6) is 0 Å². The van der Waals surface area contributed by atoms with Crippen LogP contribution in [0, 0.1) is 0 Å². The van der Waals surface area contributed by atoms with Crippen molar-refractivity contribution in [2.45, 2.75) is 12.5 Å². The average molecular weight is 360 g/mol. The molecule has 3 nitrogen and oxygen atoms in total. The number of aromatic nitrogens is 2. The zero-order valence-corrected chi connectivity index (χ0v) is 13.6. The Morgan fingerprint density at radius 1 is 1.05 bits per heavy atom. The van der Waals surface area contributed by atoms with Gasteiger partial charge in [0.15, 0.2) is 0 Å². The summed E-state index contributed by atoms with van der Waals surface area (Å²) in [5.74, 6) is 0. The summed E-state index contributed by atoms with van der Waals surface area (Å²) in [7, 11) is 0. The lowest BCUT2D eigenvalue weighted by Gasteiger charge is -2.06. The predicted molar refractivity (Wildman–Crippen MR) is 89.3 cm³/mol. The molecule has 0 saturated carbocycles. The van der Waals surface area contributed by atoms with Crippen molar-refractivity contribution in [3.63, 3.8) is 0 Å². The van der Waals surface area contributed by atoms with Crippen molar-refractivity contribution in [2.24, 2.45) is 5.73 Å². The summed E-state index contributed by atoms with van der Waals surface area (Å²) in [5.41, 5.74) is 8.51. The van der Waals surface area contributed by atoms with Gasteiger partial charge >= 0.3 is 0 Å². The maximum atomic E-state index is 6.25. The molecule has 1 aromatic heterocycles. The van der Waals surface area contributed by atoms with E-state index >= 15 is 0 Å². The van der Waals surface area contributed by atoms with Gasteiger partial charge in [-0.25, -0.2) is 0 Å². The molecule has 0 bridgehead atoms. The predicted octanol–water partition coefficient (Wildman–Crippen LogP) is 3.94. The molecule has 5 heteroatoms. The molecule has 21 heavy (non-hydrogen) atoms. The van der Waals surface area contributed by atoms with Crippen molar-refractivity contribution < 1.29 is 0 Å². The van der Waals surface area contributed by atoms with Gasteiger partial charge in [0.2, 0.25) is 0 Å². The Labute approximate surface area is 136 Å². The molecule has 2 N–H and O–H groups in total. The van der Waals surface area contributed by atoms with Gasteiger partial charge in [-0.15, -0.1) is 10.2 Å². The van der Waals surface area contributed by atoms with Gasteiger partial charge in [0.1, 0.15) is 10.0 Å². The molecule has 0 aliphatic rings. The number of halogens is 1. The maximum absolute atomic E-state index is 6.25. The molecular weight excluding hydrogens is 346 g/mol.